The summed E-state index contributed by atoms with van der Waals surface area (Å²) in [6, 6.07) is 6.22. The summed E-state index contributed by atoms with van der Waals surface area (Å²) < 4.78 is 11.5. The van der Waals surface area contributed by atoms with Crippen LogP contribution in [-0.2, 0) is 4.74 Å². The molecule has 0 spiro atoms. The first-order valence-electron chi connectivity index (χ1n) is 6.62. The molecule has 2 atom stereocenters. The van der Waals surface area contributed by atoms with Gasteiger partial charge in [-0.25, -0.2) is 0 Å². The number of methoxy groups -OCH3 is 1. The molecule has 0 bridgehead atoms. The molecule has 19 heavy (non-hydrogen) atoms. The zero-order chi connectivity index (χ0) is 14.0. The molecule has 0 saturated heterocycles. The molecule has 1 aliphatic carbocycles. The molecule has 1 fully saturated rings. The third-order valence-electron chi connectivity index (χ3n) is 3.91. The van der Waals surface area contributed by atoms with Crippen LogP contribution >= 0.6 is 15.9 Å². The van der Waals surface area contributed by atoms with Crippen LogP contribution in [0.4, 0.5) is 0 Å². The second-order valence-electron chi connectivity index (χ2n) is 5.86. The first-order valence-corrected chi connectivity index (χ1v) is 7.42. The van der Waals surface area contributed by atoms with Crippen LogP contribution in [0.5, 0.6) is 5.75 Å². The Labute approximate surface area is 123 Å². The molecule has 2 rings (SSSR count). The highest BCUT2D eigenvalue weighted by molar-refractivity contribution is 9.10. The smallest absolute Gasteiger partial charge is 0.133 e. The molecule has 0 aromatic heterocycles. The summed E-state index contributed by atoms with van der Waals surface area (Å²) in [7, 11) is 1.66. The highest BCUT2D eigenvalue weighted by Crippen LogP contribution is 2.57. The van der Waals surface area contributed by atoms with Gasteiger partial charge in [0, 0.05) is 13.2 Å². The summed E-state index contributed by atoms with van der Waals surface area (Å²) in [6.07, 6.45) is 1.21. The molecule has 3 nitrogen and oxygen atoms in total. The molecular weight excluding hydrogens is 306 g/mol. The van der Waals surface area contributed by atoms with Crippen LogP contribution in [0, 0.1) is 11.3 Å². The lowest BCUT2D eigenvalue weighted by Crippen LogP contribution is -2.15. The van der Waals surface area contributed by atoms with Crippen LogP contribution in [0.25, 0.3) is 0 Å². The predicted octanol–water partition coefficient (Wildman–Crippen LogP) is 3.52. The molecule has 1 aromatic carbocycles. The lowest BCUT2D eigenvalue weighted by Gasteiger charge is -2.16. The van der Waals surface area contributed by atoms with Crippen LogP contribution in [0.3, 0.4) is 0 Å². The van der Waals surface area contributed by atoms with Gasteiger partial charge in [-0.05, 0) is 51.4 Å². The minimum Gasteiger partial charge on any atom is -0.490 e. The Kier molecular flexibility index (Phi) is 4.54. The summed E-state index contributed by atoms with van der Waals surface area (Å²) in [5, 5.41) is 0. The van der Waals surface area contributed by atoms with Gasteiger partial charge >= 0.3 is 0 Å². The van der Waals surface area contributed by atoms with E-state index in [1.165, 1.54) is 12.0 Å². The summed E-state index contributed by atoms with van der Waals surface area (Å²) in [5.74, 6) is 1.42. The maximum absolute atomic E-state index is 6.33. The van der Waals surface area contributed by atoms with Gasteiger partial charge in [0.05, 0.1) is 11.1 Å². The molecule has 1 aromatic rings. The summed E-state index contributed by atoms with van der Waals surface area (Å²) >= 11 is 3.54. The van der Waals surface area contributed by atoms with E-state index in [0.717, 1.165) is 10.2 Å². The summed E-state index contributed by atoms with van der Waals surface area (Å²) in [4.78, 5) is 0. The Balaban J connectivity index is 2.02. The van der Waals surface area contributed by atoms with E-state index in [1.54, 1.807) is 7.11 Å². The topological polar surface area (TPSA) is 44.5 Å². The number of hydrogen-bond acceptors (Lipinski definition) is 3. The van der Waals surface area contributed by atoms with E-state index < -0.39 is 0 Å². The molecule has 1 saturated carbocycles. The SMILES string of the molecule is COCCOc1ccc(C(N)C2CC2(C)C)cc1Br. The van der Waals surface area contributed by atoms with E-state index in [4.69, 9.17) is 15.2 Å². The Morgan fingerprint density at radius 3 is 2.63 bits per heavy atom. The second kappa shape index (κ2) is 5.81. The number of hydrogen-bond donors (Lipinski definition) is 1. The van der Waals surface area contributed by atoms with Gasteiger partial charge in [0.1, 0.15) is 12.4 Å². The fourth-order valence-electron chi connectivity index (χ4n) is 2.43. The van der Waals surface area contributed by atoms with Crippen molar-refractivity contribution in [3.63, 3.8) is 0 Å². The number of ether oxygens (including phenoxy) is 2. The van der Waals surface area contributed by atoms with Crippen molar-refractivity contribution in [1.82, 2.24) is 0 Å². The first kappa shape index (κ1) is 14.8. The van der Waals surface area contributed by atoms with Crippen molar-refractivity contribution in [2.24, 2.45) is 17.1 Å². The van der Waals surface area contributed by atoms with Gasteiger partial charge in [0.2, 0.25) is 0 Å². The zero-order valence-electron chi connectivity index (χ0n) is 11.8. The van der Waals surface area contributed by atoms with Gasteiger partial charge in [0.25, 0.3) is 0 Å². The average Bonchev–Trinajstić information content (AvgIpc) is 3.00. The number of rotatable bonds is 6. The number of benzene rings is 1. The number of halogens is 1. The fourth-order valence-corrected chi connectivity index (χ4v) is 2.94. The fraction of sp³-hybridized carbons (Fsp3) is 0.600. The van der Waals surface area contributed by atoms with Crippen molar-refractivity contribution in [3.05, 3.63) is 28.2 Å². The lowest BCUT2D eigenvalue weighted by atomic mass is 9.98. The molecule has 0 amide bonds. The average molecular weight is 328 g/mol. The highest BCUT2D eigenvalue weighted by atomic mass is 79.9. The molecule has 0 aliphatic heterocycles. The van der Waals surface area contributed by atoms with Crippen molar-refractivity contribution in [2.45, 2.75) is 26.3 Å². The van der Waals surface area contributed by atoms with Crippen LogP contribution in [0.2, 0.25) is 0 Å². The molecule has 4 heteroatoms. The second-order valence-corrected chi connectivity index (χ2v) is 6.71. The van der Waals surface area contributed by atoms with Gasteiger partial charge in [0.15, 0.2) is 0 Å². The molecule has 2 unspecified atom stereocenters. The van der Waals surface area contributed by atoms with E-state index in [9.17, 15) is 0 Å². The first-order chi connectivity index (χ1) is 8.95. The third-order valence-corrected chi connectivity index (χ3v) is 4.53. The highest BCUT2D eigenvalue weighted by Gasteiger charge is 2.49. The third kappa shape index (κ3) is 3.50. The van der Waals surface area contributed by atoms with Crippen molar-refractivity contribution in [1.29, 1.82) is 0 Å². The molecule has 106 valence electrons. The predicted molar refractivity (Wildman–Crippen MR) is 80.3 cm³/mol. The monoisotopic (exact) mass is 327 g/mol. The van der Waals surface area contributed by atoms with Gasteiger partial charge in [-0.1, -0.05) is 19.9 Å². The largest absolute Gasteiger partial charge is 0.490 e. The quantitative estimate of drug-likeness (QED) is 0.813. The molecule has 0 radical (unpaired) electrons. The lowest BCUT2D eigenvalue weighted by molar-refractivity contribution is 0.146. The maximum Gasteiger partial charge on any atom is 0.133 e. The zero-order valence-corrected chi connectivity index (χ0v) is 13.4. The van der Waals surface area contributed by atoms with Gasteiger partial charge in [-0.3, -0.25) is 0 Å². The summed E-state index contributed by atoms with van der Waals surface area (Å²) in [5.41, 5.74) is 7.89. The van der Waals surface area contributed by atoms with E-state index in [0.29, 0.717) is 24.5 Å². The van der Waals surface area contributed by atoms with Crippen molar-refractivity contribution < 1.29 is 9.47 Å². The Bertz CT molecular complexity index is 448. The van der Waals surface area contributed by atoms with Crippen LogP contribution < -0.4 is 10.5 Å². The summed E-state index contributed by atoms with van der Waals surface area (Å²) in [6.45, 7) is 5.68. The van der Waals surface area contributed by atoms with Crippen molar-refractivity contribution in [3.8, 4) is 5.75 Å². The molecule has 0 heterocycles. The van der Waals surface area contributed by atoms with Crippen molar-refractivity contribution >= 4 is 15.9 Å². The number of nitrogens with two attached hydrogens (primary N) is 1. The molecular formula is C15H22BrNO2. The van der Waals surface area contributed by atoms with Crippen LogP contribution in [-0.4, -0.2) is 20.3 Å². The van der Waals surface area contributed by atoms with Gasteiger partial charge in [-0.2, -0.15) is 0 Å². The van der Waals surface area contributed by atoms with E-state index in [-0.39, 0.29) is 6.04 Å². The van der Waals surface area contributed by atoms with Crippen molar-refractivity contribution in [2.75, 3.05) is 20.3 Å². The molecule has 2 N–H and O–H groups in total. The maximum atomic E-state index is 6.33. The van der Waals surface area contributed by atoms with E-state index >= 15 is 0 Å². The van der Waals surface area contributed by atoms with Gasteiger partial charge < -0.3 is 15.2 Å². The Morgan fingerprint density at radius 1 is 1.42 bits per heavy atom. The normalized spacial score (nSPS) is 22.1. The minimum absolute atomic E-state index is 0.110. The Hall–Kier alpha value is -0.580. The molecule has 1 aliphatic rings. The minimum atomic E-state index is 0.110. The Morgan fingerprint density at radius 2 is 2.11 bits per heavy atom. The van der Waals surface area contributed by atoms with Gasteiger partial charge in [-0.15, -0.1) is 0 Å². The standard InChI is InChI=1S/C15H22BrNO2/c1-15(2)9-11(15)14(17)10-4-5-13(12(16)8-10)19-7-6-18-3/h4-5,8,11,14H,6-7,9,17H2,1-3H3. The van der Waals surface area contributed by atoms with E-state index in [2.05, 4.69) is 41.9 Å². The van der Waals surface area contributed by atoms with Crippen LogP contribution in [0.15, 0.2) is 22.7 Å². The van der Waals surface area contributed by atoms with Crippen LogP contribution in [0.1, 0.15) is 31.9 Å². The van der Waals surface area contributed by atoms with E-state index in [1.807, 2.05) is 6.07 Å².